The quantitative estimate of drug-likeness (QED) is 0.652. The molecule has 19 heavy (non-hydrogen) atoms. The van der Waals surface area contributed by atoms with Crippen molar-refractivity contribution in [1.29, 1.82) is 0 Å². The number of hydrogen-bond acceptors (Lipinski definition) is 2. The highest BCUT2D eigenvalue weighted by Gasteiger charge is 2.09. The molecule has 0 atom stereocenters. The Morgan fingerprint density at radius 2 is 1.68 bits per heavy atom. The summed E-state index contributed by atoms with van der Waals surface area (Å²) in [6, 6.07) is 5.32. The first kappa shape index (κ1) is 14.9. The lowest BCUT2D eigenvalue weighted by molar-refractivity contribution is 0.0949. The summed E-state index contributed by atoms with van der Waals surface area (Å²) in [6.07, 6.45) is 2.40. The number of nitrogens with one attached hydrogen (secondary N) is 2. The first-order valence-electron chi connectivity index (χ1n) is 6.17. The standard InChI is InChI=1S/C13H18FN3O2/c14-11-7-3-2-6-10(11)12(18)16-8-4-1-5-9-17-13(15)19/h2-3,6-7H,1,4-5,8-9H2,(H,16,18)(H3,15,17,19). The van der Waals surface area contributed by atoms with E-state index in [-0.39, 0.29) is 5.56 Å². The van der Waals surface area contributed by atoms with Crippen molar-refractivity contribution in [2.45, 2.75) is 19.3 Å². The van der Waals surface area contributed by atoms with Crippen LogP contribution in [0.4, 0.5) is 9.18 Å². The molecule has 0 radical (unpaired) electrons. The minimum Gasteiger partial charge on any atom is -0.352 e. The van der Waals surface area contributed by atoms with Crippen LogP contribution in [0, 0.1) is 5.82 Å². The van der Waals surface area contributed by atoms with Gasteiger partial charge >= 0.3 is 6.03 Å². The molecule has 1 aromatic carbocycles. The molecular weight excluding hydrogens is 249 g/mol. The van der Waals surface area contributed by atoms with Crippen LogP contribution in [0.5, 0.6) is 0 Å². The van der Waals surface area contributed by atoms with Crippen LogP contribution in [0.3, 0.4) is 0 Å². The molecule has 0 aliphatic rings. The topological polar surface area (TPSA) is 84.2 Å². The number of amides is 3. The maximum atomic E-state index is 13.3. The number of halogens is 1. The van der Waals surface area contributed by atoms with Gasteiger partial charge in [0.05, 0.1) is 5.56 Å². The molecule has 5 nitrogen and oxygen atoms in total. The van der Waals surface area contributed by atoms with E-state index in [9.17, 15) is 14.0 Å². The van der Waals surface area contributed by atoms with Crippen molar-refractivity contribution in [1.82, 2.24) is 10.6 Å². The number of hydrogen-bond donors (Lipinski definition) is 3. The van der Waals surface area contributed by atoms with Crippen LogP contribution in [-0.4, -0.2) is 25.0 Å². The first-order valence-corrected chi connectivity index (χ1v) is 6.17. The van der Waals surface area contributed by atoms with Crippen molar-refractivity contribution in [3.63, 3.8) is 0 Å². The van der Waals surface area contributed by atoms with Gasteiger partial charge in [0.1, 0.15) is 5.82 Å². The van der Waals surface area contributed by atoms with E-state index in [1.54, 1.807) is 6.07 Å². The van der Waals surface area contributed by atoms with Crippen LogP contribution < -0.4 is 16.4 Å². The third-order valence-corrected chi connectivity index (χ3v) is 2.56. The van der Waals surface area contributed by atoms with E-state index in [1.165, 1.54) is 18.2 Å². The SMILES string of the molecule is NC(=O)NCCCCCNC(=O)c1ccccc1F. The third-order valence-electron chi connectivity index (χ3n) is 2.56. The lowest BCUT2D eigenvalue weighted by Gasteiger charge is -2.06. The number of rotatable bonds is 7. The van der Waals surface area contributed by atoms with Gasteiger partial charge in [0.2, 0.25) is 0 Å². The van der Waals surface area contributed by atoms with Crippen molar-refractivity contribution in [3.05, 3.63) is 35.6 Å². The van der Waals surface area contributed by atoms with Gasteiger partial charge in [-0.15, -0.1) is 0 Å². The Morgan fingerprint density at radius 1 is 1.05 bits per heavy atom. The molecular formula is C13H18FN3O2. The lowest BCUT2D eigenvalue weighted by atomic mass is 10.2. The molecule has 0 heterocycles. The number of urea groups is 1. The molecule has 0 saturated heterocycles. The fourth-order valence-corrected chi connectivity index (χ4v) is 1.58. The zero-order chi connectivity index (χ0) is 14.1. The predicted molar refractivity (Wildman–Crippen MR) is 70.2 cm³/mol. The van der Waals surface area contributed by atoms with Crippen LogP contribution in [0.2, 0.25) is 0 Å². The lowest BCUT2D eigenvalue weighted by Crippen LogP contribution is -2.30. The molecule has 0 bridgehead atoms. The van der Waals surface area contributed by atoms with Gasteiger partial charge in [-0.1, -0.05) is 12.1 Å². The third kappa shape index (κ3) is 5.85. The van der Waals surface area contributed by atoms with Crippen molar-refractivity contribution in [2.75, 3.05) is 13.1 Å². The van der Waals surface area contributed by atoms with Crippen molar-refractivity contribution in [3.8, 4) is 0 Å². The summed E-state index contributed by atoms with van der Waals surface area (Å²) in [7, 11) is 0. The van der Waals surface area contributed by atoms with Crippen LogP contribution in [-0.2, 0) is 0 Å². The Balaban J connectivity index is 2.15. The fraction of sp³-hybridized carbons (Fsp3) is 0.385. The maximum absolute atomic E-state index is 13.3. The zero-order valence-corrected chi connectivity index (χ0v) is 10.6. The van der Waals surface area contributed by atoms with Gasteiger partial charge in [0.15, 0.2) is 0 Å². The fourth-order valence-electron chi connectivity index (χ4n) is 1.58. The number of carbonyl (C=O) groups is 2. The second kappa shape index (κ2) is 8.07. The molecule has 104 valence electrons. The molecule has 0 aliphatic carbocycles. The Hall–Kier alpha value is -2.11. The van der Waals surface area contributed by atoms with E-state index in [2.05, 4.69) is 10.6 Å². The Bertz CT molecular complexity index is 438. The van der Waals surface area contributed by atoms with Gasteiger partial charge in [0.25, 0.3) is 5.91 Å². The smallest absolute Gasteiger partial charge is 0.312 e. The van der Waals surface area contributed by atoms with Crippen molar-refractivity contribution in [2.24, 2.45) is 5.73 Å². The highest BCUT2D eigenvalue weighted by molar-refractivity contribution is 5.94. The molecule has 0 fully saturated rings. The van der Waals surface area contributed by atoms with E-state index >= 15 is 0 Å². The second-order valence-electron chi connectivity index (χ2n) is 4.09. The Kier molecular flexibility index (Phi) is 6.35. The summed E-state index contributed by atoms with van der Waals surface area (Å²) in [5.74, 6) is -0.931. The van der Waals surface area contributed by atoms with Gasteiger partial charge in [0, 0.05) is 13.1 Å². The van der Waals surface area contributed by atoms with Crippen LogP contribution >= 0.6 is 0 Å². The molecule has 0 saturated carbocycles. The number of primary amides is 1. The summed E-state index contributed by atoms with van der Waals surface area (Å²) in [4.78, 5) is 22.0. The molecule has 4 N–H and O–H groups in total. The summed E-state index contributed by atoms with van der Waals surface area (Å²) >= 11 is 0. The second-order valence-corrected chi connectivity index (χ2v) is 4.09. The minimum atomic E-state index is -0.534. The average molecular weight is 267 g/mol. The monoisotopic (exact) mass is 267 g/mol. The van der Waals surface area contributed by atoms with E-state index < -0.39 is 17.8 Å². The number of carbonyl (C=O) groups excluding carboxylic acids is 2. The highest BCUT2D eigenvalue weighted by Crippen LogP contribution is 2.05. The molecule has 0 aromatic heterocycles. The Morgan fingerprint density at radius 3 is 2.32 bits per heavy atom. The highest BCUT2D eigenvalue weighted by atomic mass is 19.1. The molecule has 3 amide bonds. The van der Waals surface area contributed by atoms with E-state index in [0.717, 1.165) is 19.3 Å². The maximum Gasteiger partial charge on any atom is 0.312 e. The van der Waals surface area contributed by atoms with E-state index in [4.69, 9.17) is 5.73 Å². The van der Waals surface area contributed by atoms with E-state index in [0.29, 0.717) is 13.1 Å². The van der Waals surface area contributed by atoms with Crippen LogP contribution in [0.15, 0.2) is 24.3 Å². The molecule has 0 unspecified atom stereocenters. The summed E-state index contributed by atoms with van der Waals surface area (Å²) < 4.78 is 13.3. The molecule has 6 heteroatoms. The molecule has 1 aromatic rings. The molecule has 0 spiro atoms. The first-order chi connectivity index (χ1) is 9.11. The normalized spacial score (nSPS) is 9.95. The number of nitrogens with two attached hydrogens (primary N) is 1. The molecule has 0 aliphatic heterocycles. The van der Waals surface area contributed by atoms with Gasteiger partial charge in [-0.05, 0) is 31.4 Å². The Labute approximate surface area is 111 Å². The number of benzene rings is 1. The number of unbranched alkanes of at least 4 members (excludes halogenated alkanes) is 2. The van der Waals surface area contributed by atoms with E-state index in [1.807, 2.05) is 0 Å². The summed E-state index contributed by atoms with van der Waals surface area (Å²) in [5.41, 5.74) is 4.96. The van der Waals surface area contributed by atoms with Gasteiger partial charge in [-0.25, -0.2) is 9.18 Å². The van der Waals surface area contributed by atoms with Gasteiger partial charge in [-0.3, -0.25) is 4.79 Å². The van der Waals surface area contributed by atoms with Gasteiger partial charge in [-0.2, -0.15) is 0 Å². The van der Waals surface area contributed by atoms with Crippen LogP contribution in [0.25, 0.3) is 0 Å². The summed E-state index contributed by atoms with van der Waals surface area (Å²) in [5, 5.41) is 5.13. The van der Waals surface area contributed by atoms with Gasteiger partial charge < -0.3 is 16.4 Å². The summed E-state index contributed by atoms with van der Waals surface area (Å²) in [6.45, 7) is 1.00. The average Bonchev–Trinajstić information content (AvgIpc) is 2.37. The predicted octanol–water partition coefficient (Wildman–Crippen LogP) is 1.39. The minimum absolute atomic E-state index is 0.0536. The van der Waals surface area contributed by atoms with Crippen molar-refractivity contribution >= 4 is 11.9 Å². The largest absolute Gasteiger partial charge is 0.352 e. The zero-order valence-electron chi connectivity index (χ0n) is 10.6. The van der Waals surface area contributed by atoms with Crippen molar-refractivity contribution < 1.29 is 14.0 Å². The van der Waals surface area contributed by atoms with Crippen LogP contribution in [0.1, 0.15) is 29.6 Å². The molecule has 1 rings (SSSR count).